The molecule has 1 aliphatic rings. The van der Waals surface area contributed by atoms with Gasteiger partial charge in [-0.3, -0.25) is 0 Å². The molecule has 2 rings (SSSR count). The molecule has 1 aromatic rings. The number of allylic oxidation sites excluding steroid dienone is 1. The van der Waals surface area contributed by atoms with E-state index in [1.165, 1.54) is 0 Å². The highest BCUT2D eigenvalue weighted by molar-refractivity contribution is 6.53. The van der Waals surface area contributed by atoms with E-state index >= 15 is 0 Å². The highest BCUT2D eigenvalue weighted by Gasteiger charge is 2.50. The Morgan fingerprint density at radius 3 is 2.00 bits per heavy atom. The van der Waals surface area contributed by atoms with Gasteiger partial charge in [-0.1, -0.05) is 35.3 Å². The first-order chi connectivity index (χ1) is 8.71. The largest absolute Gasteiger partial charge is 0.487 e. The molecule has 102 valence electrons. The highest BCUT2D eigenvalue weighted by Crippen LogP contribution is 2.37. The molecule has 0 N–H and O–H groups in total. The second-order valence-electron chi connectivity index (χ2n) is 5.98. The fourth-order valence-corrected chi connectivity index (χ4v) is 2.10. The van der Waals surface area contributed by atoms with E-state index < -0.39 is 0 Å². The third kappa shape index (κ3) is 3.05. The molecular formula is C15H20BClO2. The lowest BCUT2D eigenvalue weighted by Crippen LogP contribution is -2.41. The standard InChI is InChI=1S/C15H20BClO2/c1-11(12-6-8-13(17)9-7-12)10-16-18-14(2,3)15(4,5)19-16/h6-10H,1-5H3. The maximum Gasteiger partial charge on any atom is 0.487 e. The number of halogens is 1. The van der Waals surface area contributed by atoms with Crippen molar-refractivity contribution >= 4 is 24.3 Å². The van der Waals surface area contributed by atoms with E-state index in [9.17, 15) is 0 Å². The summed E-state index contributed by atoms with van der Waals surface area (Å²) in [7, 11) is -0.305. The second-order valence-corrected chi connectivity index (χ2v) is 6.42. The lowest BCUT2D eigenvalue weighted by Gasteiger charge is -2.32. The third-order valence-corrected chi connectivity index (χ3v) is 4.21. The van der Waals surface area contributed by atoms with Crippen LogP contribution >= 0.6 is 11.6 Å². The first kappa shape index (κ1) is 14.6. The Hall–Kier alpha value is -0.765. The summed E-state index contributed by atoms with van der Waals surface area (Å²) in [5, 5.41) is 0.743. The van der Waals surface area contributed by atoms with Crippen LogP contribution in [0, 0.1) is 0 Å². The highest BCUT2D eigenvalue weighted by atomic mass is 35.5. The molecule has 0 amide bonds. The summed E-state index contributed by atoms with van der Waals surface area (Å²) in [4.78, 5) is 0. The summed E-state index contributed by atoms with van der Waals surface area (Å²) in [5.41, 5.74) is 1.65. The van der Waals surface area contributed by atoms with Crippen molar-refractivity contribution in [3.8, 4) is 0 Å². The zero-order valence-corrected chi connectivity index (χ0v) is 12.9. The van der Waals surface area contributed by atoms with E-state index in [2.05, 4.69) is 27.7 Å². The first-order valence-electron chi connectivity index (χ1n) is 6.51. The van der Waals surface area contributed by atoms with E-state index in [0.717, 1.165) is 16.2 Å². The average Bonchev–Trinajstić information content (AvgIpc) is 2.47. The first-order valence-corrected chi connectivity index (χ1v) is 6.89. The third-order valence-electron chi connectivity index (χ3n) is 3.96. The maximum atomic E-state index is 5.96. The molecule has 1 aliphatic heterocycles. The SMILES string of the molecule is CC(=CB1OC(C)(C)C(C)(C)O1)c1ccc(Cl)cc1. The Morgan fingerprint density at radius 2 is 1.53 bits per heavy atom. The summed E-state index contributed by atoms with van der Waals surface area (Å²) in [6.45, 7) is 10.3. The van der Waals surface area contributed by atoms with Crippen molar-refractivity contribution < 1.29 is 9.31 Å². The van der Waals surface area contributed by atoms with Crippen molar-refractivity contribution in [1.82, 2.24) is 0 Å². The molecular weight excluding hydrogens is 258 g/mol. The van der Waals surface area contributed by atoms with Gasteiger partial charge in [-0.05, 0) is 52.3 Å². The normalized spacial score (nSPS) is 21.8. The van der Waals surface area contributed by atoms with Gasteiger partial charge in [0.15, 0.2) is 0 Å². The van der Waals surface area contributed by atoms with Gasteiger partial charge in [-0.25, -0.2) is 0 Å². The van der Waals surface area contributed by atoms with Crippen molar-refractivity contribution in [3.05, 3.63) is 40.8 Å². The van der Waals surface area contributed by atoms with Crippen LogP contribution in [0.5, 0.6) is 0 Å². The zero-order chi connectivity index (χ0) is 14.3. The van der Waals surface area contributed by atoms with Crippen molar-refractivity contribution in [1.29, 1.82) is 0 Å². The molecule has 4 heteroatoms. The quantitative estimate of drug-likeness (QED) is 0.748. The fraction of sp³-hybridized carbons (Fsp3) is 0.467. The van der Waals surface area contributed by atoms with Gasteiger partial charge in [0, 0.05) is 5.02 Å². The van der Waals surface area contributed by atoms with Gasteiger partial charge in [0.05, 0.1) is 11.2 Å². The second kappa shape index (κ2) is 4.97. The minimum Gasteiger partial charge on any atom is -0.400 e. The van der Waals surface area contributed by atoms with E-state index in [1.807, 2.05) is 37.2 Å². The predicted molar refractivity (Wildman–Crippen MR) is 81.2 cm³/mol. The molecule has 1 heterocycles. The van der Waals surface area contributed by atoms with Crippen LogP contribution in [0.15, 0.2) is 30.2 Å². The molecule has 1 saturated heterocycles. The van der Waals surface area contributed by atoms with Gasteiger partial charge in [0.1, 0.15) is 0 Å². The zero-order valence-electron chi connectivity index (χ0n) is 12.2. The lowest BCUT2D eigenvalue weighted by atomic mass is 9.85. The number of rotatable bonds is 2. The molecule has 1 aromatic carbocycles. The number of hydrogen-bond donors (Lipinski definition) is 0. The van der Waals surface area contributed by atoms with Crippen LogP contribution in [0.4, 0.5) is 0 Å². The Labute approximate surface area is 120 Å². The van der Waals surface area contributed by atoms with Crippen molar-refractivity contribution in [2.75, 3.05) is 0 Å². The van der Waals surface area contributed by atoms with E-state index in [1.54, 1.807) is 0 Å². The lowest BCUT2D eigenvalue weighted by molar-refractivity contribution is 0.00578. The predicted octanol–water partition coefficient (Wildman–Crippen LogP) is 4.37. The van der Waals surface area contributed by atoms with Crippen LogP contribution < -0.4 is 0 Å². The molecule has 0 radical (unpaired) electrons. The average molecular weight is 279 g/mol. The van der Waals surface area contributed by atoms with Gasteiger partial charge >= 0.3 is 7.12 Å². The summed E-state index contributed by atoms with van der Waals surface area (Å²) in [6.07, 6.45) is 0. The molecule has 0 bridgehead atoms. The van der Waals surface area contributed by atoms with Crippen LogP contribution in [0.1, 0.15) is 40.2 Å². The Balaban J connectivity index is 2.17. The minimum atomic E-state index is -0.305. The van der Waals surface area contributed by atoms with Crippen LogP contribution in [0.2, 0.25) is 5.02 Å². The summed E-state index contributed by atoms with van der Waals surface area (Å²) < 4.78 is 11.9. The van der Waals surface area contributed by atoms with E-state index in [-0.39, 0.29) is 18.3 Å². The van der Waals surface area contributed by atoms with E-state index in [0.29, 0.717) is 0 Å². The van der Waals surface area contributed by atoms with Gasteiger partial charge in [-0.15, -0.1) is 0 Å². The topological polar surface area (TPSA) is 18.5 Å². The Bertz CT molecular complexity index is 475. The Kier molecular flexibility index (Phi) is 3.83. The minimum absolute atomic E-state index is 0.297. The van der Waals surface area contributed by atoms with E-state index in [4.69, 9.17) is 20.9 Å². The number of hydrogen-bond acceptors (Lipinski definition) is 2. The fourth-order valence-electron chi connectivity index (χ4n) is 1.97. The van der Waals surface area contributed by atoms with Crippen LogP contribution in [-0.2, 0) is 9.31 Å². The summed E-state index contributed by atoms with van der Waals surface area (Å²) in [5.74, 6) is 2.01. The van der Waals surface area contributed by atoms with Crippen LogP contribution in [-0.4, -0.2) is 18.3 Å². The smallest absolute Gasteiger partial charge is 0.400 e. The number of benzene rings is 1. The van der Waals surface area contributed by atoms with Crippen molar-refractivity contribution in [3.63, 3.8) is 0 Å². The molecule has 19 heavy (non-hydrogen) atoms. The van der Waals surface area contributed by atoms with Crippen LogP contribution in [0.3, 0.4) is 0 Å². The molecule has 0 aliphatic carbocycles. The van der Waals surface area contributed by atoms with Crippen LogP contribution in [0.25, 0.3) is 5.57 Å². The molecule has 1 fully saturated rings. The van der Waals surface area contributed by atoms with Gasteiger partial charge in [0.2, 0.25) is 0 Å². The van der Waals surface area contributed by atoms with Gasteiger partial charge in [0.25, 0.3) is 0 Å². The molecule has 0 atom stereocenters. The van der Waals surface area contributed by atoms with Crippen molar-refractivity contribution in [2.24, 2.45) is 0 Å². The van der Waals surface area contributed by atoms with Gasteiger partial charge < -0.3 is 9.31 Å². The summed E-state index contributed by atoms with van der Waals surface area (Å²) in [6, 6.07) is 7.77. The monoisotopic (exact) mass is 278 g/mol. The van der Waals surface area contributed by atoms with Crippen molar-refractivity contribution in [2.45, 2.75) is 45.8 Å². The maximum absolute atomic E-state index is 5.96. The molecule has 0 spiro atoms. The molecule has 0 aromatic heterocycles. The Morgan fingerprint density at radius 1 is 1.05 bits per heavy atom. The van der Waals surface area contributed by atoms with Gasteiger partial charge in [-0.2, -0.15) is 0 Å². The molecule has 0 saturated carbocycles. The molecule has 2 nitrogen and oxygen atoms in total. The summed E-state index contributed by atoms with van der Waals surface area (Å²) >= 11 is 5.89. The molecule has 0 unspecified atom stereocenters.